The van der Waals surface area contributed by atoms with E-state index >= 15 is 0 Å². The molecule has 116 valence electrons. The van der Waals surface area contributed by atoms with Crippen molar-refractivity contribution in [2.45, 2.75) is 32.6 Å². The Balaban J connectivity index is 2.06. The van der Waals surface area contributed by atoms with Crippen molar-refractivity contribution >= 4 is 23.3 Å². The Labute approximate surface area is 128 Å². The van der Waals surface area contributed by atoms with Crippen LogP contribution in [0.5, 0.6) is 0 Å². The third kappa shape index (κ3) is 3.72. The zero-order valence-electron chi connectivity index (χ0n) is 12.8. The molecule has 0 spiro atoms. The van der Waals surface area contributed by atoms with E-state index in [4.69, 9.17) is 5.73 Å². The van der Waals surface area contributed by atoms with E-state index in [0.717, 1.165) is 11.4 Å². The summed E-state index contributed by atoms with van der Waals surface area (Å²) in [6.45, 7) is 8.46. The maximum absolute atomic E-state index is 12.5. The second-order valence-electron chi connectivity index (χ2n) is 6.26. The quantitative estimate of drug-likeness (QED) is 0.857. The molecule has 2 N–H and O–H groups in total. The first kappa shape index (κ1) is 15.8. The summed E-state index contributed by atoms with van der Waals surface area (Å²) in [7, 11) is 0. The number of carbonyl (C=O) groups is 2. The van der Waals surface area contributed by atoms with Crippen LogP contribution in [-0.4, -0.2) is 52.9 Å². The molecule has 7 heteroatoms. The number of amides is 3. The second kappa shape index (κ2) is 6.01. The first-order valence-electron chi connectivity index (χ1n) is 7.08. The number of nitrogens with two attached hydrogens (primary N) is 1. The summed E-state index contributed by atoms with van der Waals surface area (Å²) in [4.78, 5) is 31.5. The van der Waals surface area contributed by atoms with Gasteiger partial charge in [0.05, 0.1) is 5.01 Å². The Morgan fingerprint density at radius 1 is 1.19 bits per heavy atom. The van der Waals surface area contributed by atoms with Crippen LogP contribution < -0.4 is 5.73 Å². The molecule has 1 aliphatic heterocycles. The molecule has 0 unspecified atom stereocenters. The van der Waals surface area contributed by atoms with Gasteiger partial charge >= 0.3 is 6.03 Å². The van der Waals surface area contributed by atoms with E-state index in [-0.39, 0.29) is 11.3 Å². The fraction of sp³-hybridized carbons (Fsp3) is 0.643. The standard InChI is InChI=1S/C14H22N4O2S/c1-14(2,3)12-16-10(9-21-12)11(19)17-5-4-6-18(8-7-17)13(15)20/h9H,4-8H2,1-3H3,(H2,15,20). The number of carbonyl (C=O) groups excluding carboxylic acids is 2. The van der Waals surface area contributed by atoms with Gasteiger partial charge in [-0.25, -0.2) is 9.78 Å². The van der Waals surface area contributed by atoms with Crippen LogP contribution in [0.15, 0.2) is 5.38 Å². The van der Waals surface area contributed by atoms with Crippen molar-refractivity contribution in [3.63, 3.8) is 0 Å². The number of primary amides is 1. The van der Waals surface area contributed by atoms with Crippen LogP contribution >= 0.6 is 11.3 Å². The Kier molecular flexibility index (Phi) is 4.51. The van der Waals surface area contributed by atoms with E-state index in [1.54, 1.807) is 9.80 Å². The van der Waals surface area contributed by atoms with Crippen LogP contribution in [-0.2, 0) is 5.41 Å². The lowest BCUT2D eigenvalue weighted by Crippen LogP contribution is -2.39. The van der Waals surface area contributed by atoms with Gasteiger partial charge in [-0.05, 0) is 6.42 Å². The zero-order chi connectivity index (χ0) is 15.6. The lowest BCUT2D eigenvalue weighted by Gasteiger charge is -2.20. The summed E-state index contributed by atoms with van der Waals surface area (Å²) in [5, 5.41) is 2.78. The molecule has 0 atom stereocenters. The van der Waals surface area contributed by atoms with Gasteiger partial charge in [0.25, 0.3) is 5.91 Å². The molecule has 1 fully saturated rings. The molecule has 0 saturated carbocycles. The van der Waals surface area contributed by atoms with Gasteiger partial charge in [-0.2, -0.15) is 0 Å². The molecule has 0 aliphatic carbocycles. The summed E-state index contributed by atoms with van der Waals surface area (Å²) in [5.74, 6) is -0.0620. The smallest absolute Gasteiger partial charge is 0.314 e. The largest absolute Gasteiger partial charge is 0.351 e. The molecular weight excluding hydrogens is 288 g/mol. The van der Waals surface area contributed by atoms with Crippen LogP contribution in [0, 0.1) is 0 Å². The Hall–Kier alpha value is -1.63. The third-order valence-corrected chi connectivity index (χ3v) is 4.73. The molecule has 2 rings (SSSR count). The summed E-state index contributed by atoms with van der Waals surface area (Å²) in [6.07, 6.45) is 0.741. The molecule has 1 saturated heterocycles. The van der Waals surface area contributed by atoms with E-state index in [1.807, 2.05) is 5.38 Å². The lowest BCUT2D eigenvalue weighted by atomic mass is 9.98. The summed E-state index contributed by atoms with van der Waals surface area (Å²) >= 11 is 1.52. The van der Waals surface area contributed by atoms with Crippen LogP contribution in [0.2, 0.25) is 0 Å². The molecule has 0 radical (unpaired) electrons. The molecule has 6 nitrogen and oxygen atoms in total. The predicted octanol–water partition coefficient (Wildman–Crippen LogP) is 1.67. The van der Waals surface area contributed by atoms with Crippen LogP contribution in [0.4, 0.5) is 4.79 Å². The van der Waals surface area contributed by atoms with Crippen LogP contribution in [0.25, 0.3) is 0 Å². The van der Waals surface area contributed by atoms with Crippen molar-refractivity contribution in [1.82, 2.24) is 14.8 Å². The van der Waals surface area contributed by atoms with Crippen LogP contribution in [0.1, 0.15) is 42.7 Å². The molecule has 1 aromatic heterocycles. The number of hydrogen-bond donors (Lipinski definition) is 1. The zero-order valence-corrected chi connectivity index (χ0v) is 13.6. The maximum Gasteiger partial charge on any atom is 0.314 e. The normalized spacial score (nSPS) is 16.7. The molecule has 2 heterocycles. The van der Waals surface area contributed by atoms with Gasteiger partial charge < -0.3 is 15.5 Å². The Morgan fingerprint density at radius 2 is 1.81 bits per heavy atom. The van der Waals surface area contributed by atoms with E-state index in [0.29, 0.717) is 31.9 Å². The highest BCUT2D eigenvalue weighted by molar-refractivity contribution is 7.10. The molecule has 0 bridgehead atoms. The lowest BCUT2D eigenvalue weighted by molar-refractivity contribution is 0.0757. The van der Waals surface area contributed by atoms with Crippen molar-refractivity contribution in [3.05, 3.63) is 16.1 Å². The minimum absolute atomic E-state index is 0.0508. The predicted molar refractivity (Wildman–Crippen MR) is 82.5 cm³/mol. The van der Waals surface area contributed by atoms with E-state index in [2.05, 4.69) is 25.8 Å². The number of nitrogens with zero attached hydrogens (tertiary/aromatic N) is 3. The highest BCUT2D eigenvalue weighted by Gasteiger charge is 2.25. The van der Waals surface area contributed by atoms with E-state index in [1.165, 1.54) is 11.3 Å². The molecule has 21 heavy (non-hydrogen) atoms. The summed E-state index contributed by atoms with van der Waals surface area (Å²) < 4.78 is 0. The van der Waals surface area contributed by atoms with Gasteiger partial charge in [-0.3, -0.25) is 4.79 Å². The first-order chi connectivity index (χ1) is 9.79. The number of urea groups is 1. The molecule has 1 aromatic rings. The van der Waals surface area contributed by atoms with Gasteiger partial charge in [0.2, 0.25) is 0 Å². The molecular formula is C14H22N4O2S. The number of thiazole rings is 1. The van der Waals surface area contributed by atoms with Crippen LogP contribution in [0.3, 0.4) is 0 Å². The number of aromatic nitrogens is 1. The highest BCUT2D eigenvalue weighted by atomic mass is 32.1. The summed E-state index contributed by atoms with van der Waals surface area (Å²) in [5.41, 5.74) is 5.74. The van der Waals surface area contributed by atoms with E-state index < -0.39 is 6.03 Å². The third-order valence-electron chi connectivity index (χ3n) is 3.46. The fourth-order valence-corrected chi connectivity index (χ4v) is 3.10. The van der Waals surface area contributed by atoms with Crippen molar-refractivity contribution in [3.8, 4) is 0 Å². The Morgan fingerprint density at radius 3 is 2.38 bits per heavy atom. The van der Waals surface area contributed by atoms with Gasteiger partial charge in [0, 0.05) is 37.0 Å². The fourth-order valence-electron chi connectivity index (χ4n) is 2.22. The average Bonchev–Trinajstić information content (AvgIpc) is 2.76. The average molecular weight is 310 g/mol. The second-order valence-corrected chi connectivity index (χ2v) is 7.12. The minimum Gasteiger partial charge on any atom is -0.351 e. The molecule has 1 aliphatic rings. The Bertz CT molecular complexity index is 535. The van der Waals surface area contributed by atoms with Crippen molar-refractivity contribution in [2.24, 2.45) is 5.73 Å². The number of rotatable bonds is 1. The molecule has 3 amide bonds. The SMILES string of the molecule is CC(C)(C)c1nc(C(=O)N2CCCN(C(N)=O)CC2)cs1. The van der Waals surface area contributed by atoms with Crippen molar-refractivity contribution in [2.75, 3.05) is 26.2 Å². The van der Waals surface area contributed by atoms with Crippen molar-refractivity contribution in [1.29, 1.82) is 0 Å². The topological polar surface area (TPSA) is 79.5 Å². The minimum atomic E-state index is -0.423. The summed E-state index contributed by atoms with van der Waals surface area (Å²) in [6, 6.07) is -0.423. The van der Waals surface area contributed by atoms with Gasteiger partial charge in [0.1, 0.15) is 5.69 Å². The van der Waals surface area contributed by atoms with E-state index in [9.17, 15) is 9.59 Å². The van der Waals surface area contributed by atoms with Gasteiger partial charge in [0.15, 0.2) is 0 Å². The van der Waals surface area contributed by atoms with Gasteiger partial charge in [-0.1, -0.05) is 20.8 Å². The first-order valence-corrected chi connectivity index (χ1v) is 7.96. The number of hydrogen-bond acceptors (Lipinski definition) is 4. The molecule has 0 aromatic carbocycles. The van der Waals surface area contributed by atoms with Crippen molar-refractivity contribution < 1.29 is 9.59 Å². The maximum atomic E-state index is 12.5. The monoisotopic (exact) mass is 310 g/mol. The van der Waals surface area contributed by atoms with Gasteiger partial charge in [-0.15, -0.1) is 11.3 Å². The highest BCUT2D eigenvalue weighted by Crippen LogP contribution is 2.26.